The van der Waals surface area contributed by atoms with Crippen molar-refractivity contribution in [2.75, 3.05) is 18.9 Å². The number of hydrogen-bond acceptors (Lipinski definition) is 4. The lowest BCUT2D eigenvalue weighted by Gasteiger charge is -2.06. The normalized spacial score (nSPS) is 10.4. The van der Waals surface area contributed by atoms with Gasteiger partial charge in [0.15, 0.2) is 11.8 Å². The second-order valence-electron chi connectivity index (χ2n) is 5.27. The second kappa shape index (κ2) is 8.94. The Morgan fingerprint density at radius 1 is 1.08 bits per heavy atom. The van der Waals surface area contributed by atoms with E-state index in [2.05, 4.69) is 15.3 Å². The van der Waals surface area contributed by atoms with Crippen LogP contribution in [0, 0.1) is 0 Å². The number of ether oxygens (including phenoxy) is 1. The molecule has 0 bridgehead atoms. The largest absolute Gasteiger partial charge is 0.484 e. The summed E-state index contributed by atoms with van der Waals surface area (Å²) in [5, 5.41) is 3.68. The molecule has 0 aliphatic rings. The van der Waals surface area contributed by atoms with Crippen molar-refractivity contribution in [1.29, 1.82) is 0 Å². The number of thioether (sulfide) groups is 1. The van der Waals surface area contributed by atoms with E-state index in [1.54, 1.807) is 11.8 Å². The number of benzene rings is 2. The smallest absolute Gasteiger partial charge is 0.257 e. The van der Waals surface area contributed by atoms with E-state index in [0.717, 1.165) is 22.2 Å². The summed E-state index contributed by atoms with van der Waals surface area (Å²) in [5.74, 6) is 1.30. The zero-order chi connectivity index (χ0) is 17.3. The first kappa shape index (κ1) is 17.1. The third kappa shape index (κ3) is 5.39. The standard InChI is InChI=1S/C19H19N3O2S/c23-18(14-24-16-9-5-2-6-10-16)20-11-12-25-19-21-13-17(22-19)15-7-3-1-4-8-15/h1-10,13H,11-12,14H2,(H,20,23)(H,21,22). The van der Waals surface area contributed by atoms with Gasteiger partial charge in [0.25, 0.3) is 5.91 Å². The minimum atomic E-state index is -0.131. The van der Waals surface area contributed by atoms with E-state index in [4.69, 9.17) is 4.74 Å². The van der Waals surface area contributed by atoms with Crippen molar-refractivity contribution in [3.63, 3.8) is 0 Å². The van der Waals surface area contributed by atoms with Gasteiger partial charge in [0.1, 0.15) is 5.75 Å². The van der Waals surface area contributed by atoms with Crippen LogP contribution in [0.3, 0.4) is 0 Å². The summed E-state index contributed by atoms with van der Waals surface area (Å²) in [4.78, 5) is 19.4. The quantitative estimate of drug-likeness (QED) is 0.481. The van der Waals surface area contributed by atoms with Crippen molar-refractivity contribution in [3.05, 3.63) is 66.9 Å². The molecule has 0 radical (unpaired) electrons. The minimum Gasteiger partial charge on any atom is -0.484 e. The maximum atomic E-state index is 11.7. The Balaban J connectivity index is 1.36. The Kier molecular flexibility index (Phi) is 6.11. The summed E-state index contributed by atoms with van der Waals surface area (Å²) in [6, 6.07) is 19.3. The van der Waals surface area contributed by atoms with E-state index in [1.807, 2.05) is 66.9 Å². The summed E-state index contributed by atoms with van der Waals surface area (Å²) >= 11 is 1.57. The molecule has 0 aliphatic carbocycles. The van der Waals surface area contributed by atoms with Gasteiger partial charge in [0.2, 0.25) is 0 Å². The van der Waals surface area contributed by atoms with Gasteiger partial charge < -0.3 is 15.0 Å². The number of amides is 1. The number of nitrogens with zero attached hydrogens (tertiary/aromatic N) is 1. The molecule has 0 saturated heterocycles. The van der Waals surface area contributed by atoms with Crippen LogP contribution >= 0.6 is 11.8 Å². The molecule has 1 heterocycles. The molecule has 1 aromatic heterocycles. The van der Waals surface area contributed by atoms with Gasteiger partial charge in [-0.25, -0.2) is 4.98 Å². The zero-order valence-corrected chi connectivity index (χ0v) is 14.5. The van der Waals surface area contributed by atoms with Crippen molar-refractivity contribution in [2.45, 2.75) is 5.16 Å². The van der Waals surface area contributed by atoms with Gasteiger partial charge in [-0.15, -0.1) is 0 Å². The average molecular weight is 353 g/mol. The monoisotopic (exact) mass is 353 g/mol. The highest BCUT2D eigenvalue weighted by molar-refractivity contribution is 7.99. The van der Waals surface area contributed by atoms with Gasteiger partial charge in [-0.05, 0) is 17.7 Å². The van der Waals surface area contributed by atoms with Crippen LogP contribution < -0.4 is 10.1 Å². The number of hydrogen-bond donors (Lipinski definition) is 2. The van der Waals surface area contributed by atoms with Crippen LogP contribution in [0.4, 0.5) is 0 Å². The molecule has 0 aliphatic heterocycles. The van der Waals surface area contributed by atoms with Crippen LogP contribution in [0.1, 0.15) is 0 Å². The molecular formula is C19H19N3O2S. The number of imidazole rings is 1. The molecule has 2 aromatic carbocycles. The molecule has 0 saturated carbocycles. The van der Waals surface area contributed by atoms with Crippen molar-refractivity contribution in [1.82, 2.24) is 15.3 Å². The third-order valence-corrected chi connectivity index (χ3v) is 4.30. The highest BCUT2D eigenvalue weighted by Crippen LogP contribution is 2.20. The number of aromatic nitrogens is 2. The molecule has 6 heteroatoms. The number of rotatable bonds is 8. The number of para-hydroxylation sites is 1. The molecule has 128 valence electrons. The lowest BCUT2D eigenvalue weighted by atomic mass is 10.2. The topological polar surface area (TPSA) is 67.0 Å². The SMILES string of the molecule is O=C(COc1ccccc1)NCCSc1ncc(-c2ccccc2)[nH]1. The van der Waals surface area contributed by atoms with Gasteiger partial charge in [-0.1, -0.05) is 60.3 Å². The predicted molar refractivity (Wildman–Crippen MR) is 99.7 cm³/mol. The van der Waals surface area contributed by atoms with E-state index < -0.39 is 0 Å². The highest BCUT2D eigenvalue weighted by atomic mass is 32.2. The fourth-order valence-corrected chi connectivity index (χ4v) is 2.90. The lowest BCUT2D eigenvalue weighted by Crippen LogP contribution is -2.30. The first-order chi connectivity index (χ1) is 12.3. The van der Waals surface area contributed by atoms with Crippen LogP contribution in [0.15, 0.2) is 72.0 Å². The van der Waals surface area contributed by atoms with Gasteiger partial charge in [-0.2, -0.15) is 0 Å². The first-order valence-corrected chi connectivity index (χ1v) is 8.97. The number of H-pyrrole nitrogens is 1. The highest BCUT2D eigenvalue weighted by Gasteiger charge is 2.05. The van der Waals surface area contributed by atoms with E-state index in [0.29, 0.717) is 12.3 Å². The maximum absolute atomic E-state index is 11.7. The molecule has 2 N–H and O–H groups in total. The molecule has 0 atom stereocenters. The Labute approximate surface area is 150 Å². The number of nitrogens with one attached hydrogen (secondary N) is 2. The summed E-state index contributed by atoms with van der Waals surface area (Å²) < 4.78 is 5.40. The van der Waals surface area contributed by atoms with Gasteiger partial charge >= 0.3 is 0 Å². The number of aromatic amines is 1. The molecule has 25 heavy (non-hydrogen) atoms. The number of carbonyl (C=O) groups excluding carboxylic acids is 1. The Morgan fingerprint density at radius 2 is 1.80 bits per heavy atom. The minimum absolute atomic E-state index is 0.0214. The Bertz CT molecular complexity index is 791. The van der Waals surface area contributed by atoms with Gasteiger partial charge in [0.05, 0.1) is 11.9 Å². The molecule has 3 aromatic rings. The van der Waals surface area contributed by atoms with Crippen LogP contribution in [0.25, 0.3) is 11.3 Å². The van der Waals surface area contributed by atoms with Crippen molar-refractivity contribution >= 4 is 17.7 Å². The maximum Gasteiger partial charge on any atom is 0.257 e. The summed E-state index contributed by atoms with van der Waals surface area (Å²) in [7, 11) is 0. The summed E-state index contributed by atoms with van der Waals surface area (Å²) in [6.45, 7) is 0.580. The fourth-order valence-electron chi connectivity index (χ4n) is 2.20. The second-order valence-corrected chi connectivity index (χ2v) is 6.35. The fraction of sp³-hybridized carbons (Fsp3) is 0.158. The van der Waals surface area contributed by atoms with Gasteiger partial charge in [0, 0.05) is 12.3 Å². The molecule has 3 rings (SSSR count). The van der Waals surface area contributed by atoms with Gasteiger partial charge in [-0.3, -0.25) is 4.79 Å². The van der Waals surface area contributed by atoms with Crippen molar-refractivity contribution in [3.8, 4) is 17.0 Å². The van der Waals surface area contributed by atoms with E-state index in [9.17, 15) is 4.79 Å². The van der Waals surface area contributed by atoms with Crippen molar-refractivity contribution in [2.24, 2.45) is 0 Å². The first-order valence-electron chi connectivity index (χ1n) is 7.99. The van der Waals surface area contributed by atoms with Crippen LogP contribution in [-0.4, -0.2) is 34.8 Å². The van der Waals surface area contributed by atoms with Crippen molar-refractivity contribution < 1.29 is 9.53 Å². The Morgan fingerprint density at radius 3 is 2.56 bits per heavy atom. The zero-order valence-electron chi connectivity index (χ0n) is 13.6. The molecular weight excluding hydrogens is 334 g/mol. The van der Waals surface area contributed by atoms with Crippen LogP contribution in [0.5, 0.6) is 5.75 Å². The molecule has 5 nitrogen and oxygen atoms in total. The molecule has 0 spiro atoms. The van der Waals surface area contributed by atoms with E-state index in [1.165, 1.54) is 0 Å². The average Bonchev–Trinajstić information content (AvgIpc) is 3.14. The third-order valence-electron chi connectivity index (χ3n) is 3.41. The predicted octanol–water partition coefficient (Wildman–Crippen LogP) is 3.36. The molecule has 0 fully saturated rings. The van der Waals surface area contributed by atoms with E-state index >= 15 is 0 Å². The molecule has 0 unspecified atom stereocenters. The van der Waals surface area contributed by atoms with Crippen LogP contribution in [0.2, 0.25) is 0 Å². The Hall–Kier alpha value is -2.73. The summed E-state index contributed by atoms with van der Waals surface area (Å²) in [6.07, 6.45) is 1.82. The van der Waals surface area contributed by atoms with Crippen LogP contribution in [-0.2, 0) is 4.79 Å². The molecule has 1 amide bonds. The number of carbonyl (C=O) groups is 1. The van der Waals surface area contributed by atoms with E-state index in [-0.39, 0.29) is 12.5 Å². The lowest BCUT2D eigenvalue weighted by molar-refractivity contribution is -0.122. The summed E-state index contributed by atoms with van der Waals surface area (Å²) in [5.41, 5.74) is 2.09.